The topological polar surface area (TPSA) is 68.2 Å². The van der Waals surface area contributed by atoms with E-state index in [2.05, 4.69) is 15.7 Å². The molecule has 1 amide bonds. The van der Waals surface area contributed by atoms with Crippen LogP contribution in [0.5, 0.6) is 0 Å². The summed E-state index contributed by atoms with van der Waals surface area (Å²) in [5.74, 6) is -0.112. The Balaban J connectivity index is 1.83. The van der Waals surface area contributed by atoms with Gasteiger partial charge in [-0.3, -0.25) is 9.48 Å². The normalized spacial score (nSPS) is 19.3. The fraction of sp³-hybridized carbons (Fsp3) is 0.692. The molecule has 19 heavy (non-hydrogen) atoms. The minimum atomic E-state index is -0.112. The largest absolute Gasteiger partial charge is 0.385 e. The van der Waals surface area contributed by atoms with E-state index in [0.717, 1.165) is 32.4 Å². The summed E-state index contributed by atoms with van der Waals surface area (Å²) < 4.78 is 6.83. The zero-order valence-electron chi connectivity index (χ0n) is 11.4. The fourth-order valence-corrected chi connectivity index (χ4v) is 2.23. The number of amides is 1. The molecule has 2 rings (SSSR count). The summed E-state index contributed by atoms with van der Waals surface area (Å²) in [5, 5.41) is 10.6. The van der Waals surface area contributed by atoms with Crippen molar-refractivity contribution in [3.05, 3.63) is 18.0 Å². The molecule has 1 aliphatic rings. The van der Waals surface area contributed by atoms with Crippen molar-refractivity contribution in [2.45, 2.75) is 25.3 Å². The third-order valence-corrected chi connectivity index (χ3v) is 3.30. The highest BCUT2D eigenvalue weighted by Gasteiger charge is 2.17. The first-order valence-electron chi connectivity index (χ1n) is 6.84. The number of hydrogen-bond acceptors (Lipinski definition) is 4. The summed E-state index contributed by atoms with van der Waals surface area (Å²) in [6, 6.07) is 2.14. The maximum absolute atomic E-state index is 11.9. The van der Waals surface area contributed by atoms with Crippen LogP contribution in [0.15, 0.2) is 12.3 Å². The van der Waals surface area contributed by atoms with Crippen LogP contribution in [0.2, 0.25) is 0 Å². The van der Waals surface area contributed by atoms with E-state index in [1.807, 2.05) is 10.9 Å². The molecule has 1 unspecified atom stereocenters. The number of aromatic nitrogens is 2. The molecule has 0 radical (unpaired) electrons. The molecule has 1 aliphatic heterocycles. The van der Waals surface area contributed by atoms with E-state index in [0.29, 0.717) is 24.9 Å². The quantitative estimate of drug-likeness (QED) is 0.739. The summed E-state index contributed by atoms with van der Waals surface area (Å²) in [4.78, 5) is 11.9. The Morgan fingerprint density at radius 3 is 3.32 bits per heavy atom. The number of methoxy groups -OCH3 is 1. The lowest BCUT2D eigenvalue weighted by molar-refractivity contribution is 0.0942. The maximum atomic E-state index is 11.9. The van der Waals surface area contributed by atoms with Crippen molar-refractivity contribution >= 4 is 5.91 Å². The first kappa shape index (κ1) is 14.0. The lowest BCUT2D eigenvalue weighted by Gasteiger charge is -2.22. The van der Waals surface area contributed by atoms with Gasteiger partial charge < -0.3 is 15.4 Å². The Morgan fingerprint density at radius 1 is 1.68 bits per heavy atom. The molecular formula is C13H22N4O2. The van der Waals surface area contributed by atoms with Gasteiger partial charge in [0.1, 0.15) is 5.69 Å². The van der Waals surface area contributed by atoms with Gasteiger partial charge in [-0.2, -0.15) is 5.10 Å². The Bertz CT molecular complexity index is 399. The number of ether oxygens (including phenoxy) is 1. The molecule has 2 heterocycles. The van der Waals surface area contributed by atoms with Crippen LogP contribution in [0.3, 0.4) is 0 Å². The van der Waals surface area contributed by atoms with Gasteiger partial charge in [-0.15, -0.1) is 0 Å². The average Bonchev–Trinajstić information content (AvgIpc) is 2.94. The first-order chi connectivity index (χ1) is 9.31. The van der Waals surface area contributed by atoms with E-state index in [9.17, 15) is 4.79 Å². The highest BCUT2D eigenvalue weighted by atomic mass is 16.5. The van der Waals surface area contributed by atoms with Gasteiger partial charge in [0, 0.05) is 33.0 Å². The second-order valence-corrected chi connectivity index (χ2v) is 4.78. The second-order valence-electron chi connectivity index (χ2n) is 4.78. The highest BCUT2D eigenvalue weighted by Crippen LogP contribution is 2.15. The zero-order chi connectivity index (χ0) is 13.5. The van der Waals surface area contributed by atoms with Gasteiger partial charge in [0.15, 0.2) is 0 Å². The number of piperidine rings is 1. The molecule has 6 nitrogen and oxygen atoms in total. The van der Waals surface area contributed by atoms with E-state index < -0.39 is 0 Å². The van der Waals surface area contributed by atoms with Crippen LogP contribution in [0, 0.1) is 0 Å². The van der Waals surface area contributed by atoms with Crippen LogP contribution in [0.4, 0.5) is 0 Å². The highest BCUT2D eigenvalue weighted by molar-refractivity contribution is 5.92. The van der Waals surface area contributed by atoms with Crippen molar-refractivity contribution < 1.29 is 9.53 Å². The molecule has 1 atom stereocenters. The Kier molecular flexibility index (Phi) is 5.35. The van der Waals surface area contributed by atoms with Crippen LogP contribution in [0.25, 0.3) is 0 Å². The number of rotatable bonds is 6. The van der Waals surface area contributed by atoms with Crippen LogP contribution < -0.4 is 10.6 Å². The Morgan fingerprint density at radius 2 is 2.58 bits per heavy atom. The molecule has 0 aromatic carbocycles. The molecule has 2 N–H and O–H groups in total. The minimum absolute atomic E-state index is 0.112. The summed E-state index contributed by atoms with van der Waals surface area (Å²) in [6.07, 6.45) is 4.98. The molecule has 106 valence electrons. The van der Waals surface area contributed by atoms with E-state index in [1.165, 1.54) is 0 Å². The zero-order valence-corrected chi connectivity index (χ0v) is 11.4. The van der Waals surface area contributed by atoms with Crippen LogP contribution in [-0.4, -0.2) is 49.0 Å². The number of carbonyl (C=O) groups is 1. The standard InChI is InChI=1S/C13H22N4O2/c1-19-9-3-7-15-13(18)12-5-8-17(16-12)11-4-2-6-14-10-11/h5,8,11,14H,2-4,6-7,9-10H2,1H3,(H,15,18). The van der Waals surface area contributed by atoms with Gasteiger partial charge >= 0.3 is 0 Å². The predicted octanol–water partition coefficient (Wildman–Crippen LogP) is 0.574. The third kappa shape index (κ3) is 4.04. The summed E-state index contributed by atoms with van der Waals surface area (Å²) in [5.41, 5.74) is 0.489. The number of hydrogen-bond donors (Lipinski definition) is 2. The van der Waals surface area contributed by atoms with Crippen molar-refractivity contribution in [3.8, 4) is 0 Å². The number of nitrogens with zero attached hydrogens (tertiary/aromatic N) is 2. The van der Waals surface area contributed by atoms with E-state index in [-0.39, 0.29) is 5.91 Å². The van der Waals surface area contributed by atoms with E-state index in [1.54, 1.807) is 13.2 Å². The van der Waals surface area contributed by atoms with E-state index >= 15 is 0 Å². The number of carbonyl (C=O) groups excluding carboxylic acids is 1. The minimum Gasteiger partial charge on any atom is -0.385 e. The predicted molar refractivity (Wildman–Crippen MR) is 72.2 cm³/mol. The van der Waals surface area contributed by atoms with Crippen LogP contribution in [0.1, 0.15) is 35.8 Å². The van der Waals surface area contributed by atoms with Crippen LogP contribution >= 0.6 is 0 Å². The lowest BCUT2D eigenvalue weighted by atomic mass is 10.1. The molecule has 1 saturated heterocycles. The average molecular weight is 266 g/mol. The molecule has 1 aromatic rings. The Hall–Kier alpha value is -1.40. The van der Waals surface area contributed by atoms with Crippen molar-refractivity contribution in [2.24, 2.45) is 0 Å². The molecule has 0 saturated carbocycles. The second kappa shape index (κ2) is 7.25. The van der Waals surface area contributed by atoms with Crippen molar-refractivity contribution in [2.75, 3.05) is 33.4 Å². The molecule has 0 aliphatic carbocycles. The Labute approximate surface area is 113 Å². The van der Waals surface area contributed by atoms with Crippen LogP contribution in [-0.2, 0) is 4.74 Å². The monoisotopic (exact) mass is 266 g/mol. The first-order valence-corrected chi connectivity index (χ1v) is 6.84. The molecule has 0 bridgehead atoms. The SMILES string of the molecule is COCCCNC(=O)c1ccn(C2CCCNC2)n1. The van der Waals surface area contributed by atoms with Gasteiger partial charge in [-0.25, -0.2) is 0 Å². The van der Waals surface area contributed by atoms with Crippen molar-refractivity contribution in [1.82, 2.24) is 20.4 Å². The van der Waals surface area contributed by atoms with Gasteiger partial charge in [0.2, 0.25) is 0 Å². The molecule has 6 heteroatoms. The van der Waals surface area contributed by atoms with Gasteiger partial charge in [0.05, 0.1) is 6.04 Å². The summed E-state index contributed by atoms with van der Waals surface area (Å²) in [6.45, 7) is 3.27. The maximum Gasteiger partial charge on any atom is 0.271 e. The molecule has 0 spiro atoms. The van der Waals surface area contributed by atoms with Gasteiger partial charge in [-0.05, 0) is 31.9 Å². The summed E-state index contributed by atoms with van der Waals surface area (Å²) in [7, 11) is 1.65. The summed E-state index contributed by atoms with van der Waals surface area (Å²) >= 11 is 0. The molecular weight excluding hydrogens is 244 g/mol. The third-order valence-electron chi connectivity index (χ3n) is 3.30. The fourth-order valence-electron chi connectivity index (χ4n) is 2.23. The van der Waals surface area contributed by atoms with Gasteiger partial charge in [0.25, 0.3) is 5.91 Å². The smallest absolute Gasteiger partial charge is 0.271 e. The molecule has 1 aromatic heterocycles. The molecule has 1 fully saturated rings. The van der Waals surface area contributed by atoms with Crippen molar-refractivity contribution in [3.63, 3.8) is 0 Å². The lowest BCUT2D eigenvalue weighted by Crippen LogP contribution is -2.32. The van der Waals surface area contributed by atoms with E-state index in [4.69, 9.17) is 4.74 Å². The van der Waals surface area contributed by atoms with Gasteiger partial charge in [-0.1, -0.05) is 0 Å². The van der Waals surface area contributed by atoms with Crippen molar-refractivity contribution in [1.29, 1.82) is 0 Å². The number of nitrogens with one attached hydrogen (secondary N) is 2.